The summed E-state index contributed by atoms with van der Waals surface area (Å²) in [7, 11) is 0. The Balaban J connectivity index is 1.63. The maximum absolute atomic E-state index is 12.3. The molecule has 1 amide bonds. The van der Waals surface area contributed by atoms with Gasteiger partial charge >= 0.3 is 0 Å². The van der Waals surface area contributed by atoms with Crippen LogP contribution in [-0.4, -0.2) is 29.0 Å². The highest BCUT2D eigenvalue weighted by atomic mass is 35.5. The molecule has 0 saturated carbocycles. The molecule has 0 aliphatic carbocycles. The maximum Gasteiger partial charge on any atom is 0.270 e. The fraction of sp³-hybridized carbons (Fsp3) is 0.263. The van der Waals surface area contributed by atoms with Crippen LogP contribution in [0.15, 0.2) is 42.5 Å². The fourth-order valence-corrected chi connectivity index (χ4v) is 3.58. The molecule has 0 unspecified atom stereocenters. The summed E-state index contributed by atoms with van der Waals surface area (Å²) in [5.74, 6) is -0.530. The Kier molecular flexibility index (Phi) is 6.43. The van der Waals surface area contributed by atoms with Crippen LogP contribution in [-0.2, 0) is 0 Å². The van der Waals surface area contributed by atoms with Gasteiger partial charge in [0.05, 0.1) is 15.6 Å². The first-order valence-electron chi connectivity index (χ1n) is 8.85. The number of benzene rings is 2. The van der Waals surface area contributed by atoms with Crippen molar-refractivity contribution < 1.29 is 9.72 Å². The average Bonchev–Trinajstić information content (AvgIpc) is 2.68. The molecule has 0 atom stereocenters. The van der Waals surface area contributed by atoms with Crippen molar-refractivity contribution in [2.75, 3.05) is 23.3 Å². The zero-order chi connectivity index (χ0) is 20.1. The van der Waals surface area contributed by atoms with E-state index in [4.69, 9.17) is 23.8 Å². The summed E-state index contributed by atoms with van der Waals surface area (Å²) >= 11 is 11.6. The number of amides is 1. The maximum atomic E-state index is 12.3. The average molecular weight is 419 g/mol. The van der Waals surface area contributed by atoms with Crippen LogP contribution < -0.4 is 15.5 Å². The summed E-state index contributed by atoms with van der Waals surface area (Å²) in [6.07, 6.45) is 3.56. The first kappa shape index (κ1) is 20.0. The van der Waals surface area contributed by atoms with Gasteiger partial charge in [0.25, 0.3) is 11.6 Å². The molecule has 1 aliphatic heterocycles. The van der Waals surface area contributed by atoms with Gasteiger partial charge in [0.2, 0.25) is 0 Å². The molecule has 2 N–H and O–H groups in total. The number of nitrogens with zero attached hydrogens (tertiary/aromatic N) is 2. The molecule has 2 aromatic carbocycles. The Hall–Kier alpha value is -2.71. The number of nitrogens with one attached hydrogen (secondary N) is 2. The largest absolute Gasteiger partial charge is 0.370 e. The lowest BCUT2D eigenvalue weighted by Crippen LogP contribution is -2.34. The zero-order valence-corrected chi connectivity index (χ0v) is 16.6. The quantitative estimate of drug-likeness (QED) is 0.435. The minimum absolute atomic E-state index is 0.0818. The second-order valence-corrected chi connectivity index (χ2v) is 7.25. The number of thiocarbonyl (C=S) groups is 1. The van der Waals surface area contributed by atoms with E-state index in [9.17, 15) is 14.9 Å². The van der Waals surface area contributed by atoms with Crippen molar-refractivity contribution in [2.24, 2.45) is 0 Å². The summed E-state index contributed by atoms with van der Waals surface area (Å²) in [4.78, 5) is 24.8. The number of nitro groups is 1. The summed E-state index contributed by atoms with van der Waals surface area (Å²) in [5, 5.41) is 17.0. The molecular weight excluding hydrogens is 400 g/mol. The fourth-order valence-electron chi connectivity index (χ4n) is 3.07. The molecule has 0 spiro atoms. The SMILES string of the molecule is O=C(NC(=S)Nc1ccc(N2CCCCC2)c(Cl)c1)c1cccc([N+](=O)[O-])c1. The van der Waals surface area contributed by atoms with Crippen LogP contribution in [0.3, 0.4) is 0 Å². The van der Waals surface area contributed by atoms with Crippen molar-refractivity contribution in [1.29, 1.82) is 0 Å². The van der Waals surface area contributed by atoms with Crippen LogP contribution in [0.2, 0.25) is 5.02 Å². The smallest absolute Gasteiger partial charge is 0.270 e. The lowest BCUT2D eigenvalue weighted by atomic mass is 10.1. The van der Waals surface area contributed by atoms with E-state index in [2.05, 4.69) is 15.5 Å². The van der Waals surface area contributed by atoms with E-state index in [1.54, 1.807) is 6.07 Å². The summed E-state index contributed by atoms with van der Waals surface area (Å²) < 4.78 is 0. The van der Waals surface area contributed by atoms with Gasteiger partial charge in [-0.3, -0.25) is 20.2 Å². The van der Waals surface area contributed by atoms with E-state index in [-0.39, 0.29) is 16.4 Å². The van der Waals surface area contributed by atoms with Crippen molar-refractivity contribution >= 4 is 51.9 Å². The highest BCUT2D eigenvalue weighted by Crippen LogP contribution is 2.30. The van der Waals surface area contributed by atoms with Crippen molar-refractivity contribution in [3.63, 3.8) is 0 Å². The van der Waals surface area contributed by atoms with Crippen LogP contribution in [0.4, 0.5) is 17.1 Å². The molecule has 0 aromatic heterocycles. The van der Waals surface area contributed by atoms with Crippen LogP contribution in [0.25, 0.3) is 0 Å². The van der Waals surface area contributed by atoms with E-state index in [1.165, 1.54) is 30.7 Å². The van der Waals surface area contributed by atoms with Crippen LogP contribution in [0.5, 0.6) is 0 Å². The molecule has 1 aliphatic rings. The molecule has 28 heavy (non-hydrogen) atoms. The van der Waals surface area contributed by atoms with Crippen LogP contribution in [0.1, 0.15) is 29.6 Å². The first-order chi connectivity index (χ1) is 13.4. The summed E-state index contributed by atoms with van der Waals surface area (Å²) in [5.41, 5.74) is 1.62. The van der Waals surface area contributed by atoms with E-state index < -0.39 is 10.8 Å². The van der Waals surface area contributed by atoms with E-state index >= 15 is 0 Å². The van der Waals surface area contributed by atoms with Gasteiger partial charge in [-0.05, 0) is 55.7 Å². The van der Waals surface area contributed by atoms with E-state index in [1.807, 2.05) is 12.1 Å². The molecule has 0 radical (unpaired) electrons. The lowest BCUT2D eigenvalue weighted by molar-refractivity contribution is -0.384. The third-order valence-electron chi connectivity index (χ3n) is 4.45. The third-order valence-corrected chi connectivity index (χ3v) is 4.96. The minimum Gasteiger partial charge on any atom is -0.370 e. The predicted molar refractivity (Wildman–Crippen MR) is 114 cm³/mol. The highest BCUT2D eigenvalue weighted by Gasteiger charge is 2.15. The molecule has 2 aromatic rings. The highest BCUT2D eigenvalue weighted by molar-refractivity contribution is 7.80. The van der Waals surface area contributed by atoms with Crippen molar-refractivity contribution in [3.05, 3.63) is 63.2 Å². The van der Waals surface area contributed by atoms with Gasteiger partial charge in [-0.25, -0.2) is 0 Å². The van der Waals surface area contributed by atoms with Crippen molar-refractivity contribution in [1.82, 2.24) is 5.32 Å². The Morgan fingerprint density at radius 1 is 1.14 bits per heavy atom. The monoisotopic (exact) mass is 418 g/mol. The van der Waals surface area contributed by atoms with Gasteiger partial charge in [-0.1, -0.05) is 17.7 Å². The van der Waals surface area contributed by atoms with Gasteiger partial charge in [0, 0.05) is 36.5 Å². The van der Waals surface area contributed by atoms with Gasteiger partial charge < -0.3 is 10.2 Å². The number of piperidine rings is 1. The molecule has 146 valence electrons. The molecule has 3 rings (SSSR count). The number of hydrogen-bond donors (Lipinski definition) is 2. The number of nitro benzene ring substituents is 1. The Morgan fingerprint density at radius 3 is 2.57 bits per heavy atom. The van der Waals surface area contributed by atoms with E-state index in [0.717, 1.165) is 31.6 Å². The van der Waals surface area contributed by atoms with Crippen LogP contribution in [0, 0.1) is 10.1 Å². The molecule has 9 heteroatoms. The van der Waals surface area contributed by atoms with Gasteiger partial charge in [0.1, 0.15) is 0 Å². The normalized spacial score (nSPS) is 13.7. The number of carbonyl (C=O) groups is 1. The molecule has 0 bridgehead atoms. The van der Waals surface area contributed by atoms with Crippen molar-refractivity contribution in [2.45, 2.75) is 19.3 Å². The Bertz CT molecular complexity index is 916. The number of carbonyl (C=O) groups excluding carboxylic acids is 1. The second-order valence-electron chi connectivity index (χ2n) is 6.43. The lowest BCUT2D eigenvalue weighted by Gasteiger charge is -2.29. The Labute approximate surface area is 172 Å². The number of hydrogen-bond acceptors (Lipinski definition) is 5. The van der Waals surface area contributed by atoms with Crippen LogP contribution >= 0.6 is 23.8 Å². The molecular formula is C19H19ClN4O3S. The standard InChI is InChI=1S/C19H19ClN4O3S/c20-16-12-14(7-8-17(16)23-9-2-1-3-10-23)21-19(28)22-18(25)13-5-4-6-15(11-13)24(26)27/h4-8,11-12H,1-3,9-10H2,(H2,21,22,25,28). The number of non-ortho nitro benzene ring substituents is 1. The van der Waals surface area contributed by atoms with Crippen molar-refractivity contribution in [3.8, 4) is 0 Å². The minimum atomic E-state index is -0.556. The van der Waals surface area contributed by atoms with Gasteiger partial charge in [-0.2, -0.15) is 0 Å². The van der Waals surface area contributed by atoms with Gasteiger partial charge in [-0.15, -0.1) is 0 Å². The topological polar surface area (TPSA) is 87.5 Å². The molecule has 1 saturated heterocycles. The third kappa shape index (κ3) is 4.96. The second kappa shape index (κ2) is 8.99. The number of halogens is 1. The summed E-state index contributed by atoms with van der Waals surface area (Å²) in [6.45, 7) is 1.98. The molecule has 1 heterocycles. The van der Waals surface area contributed by atoms with E-state index in [0.29, 0.717) is 10.7 Å². The number of rotatable bonds is 4. The first-order valence-corrected chi connectivity index (χ1v) is 9.64. The zero-order valence-electron chi connectivity index (χ0n) is 15.0. The molecule has 1 fully saturated rings. The Morgan fingerprint density at radius 2 is 1.89 bits per heavy atom. The molecule has 7 nitrogen and oxygen atoms in total. The summed E-state index contributed by atoms with van der Waals surface area (Å²) in [6, 6.07) is 11.0. The van der Waals surface area contributed by atoms with Gasteiger partial charge in [0.15, 0.2) is 5.11 Å². The predicted octanol–water partition coefficient (Wildman–Crippen LogP) is 4.37. The number of anilines is 2.